The first kappa shape index (κ1) is 15.0. The number of rotatable bonds is 4. The number of carbonyl (C=O) groups excluding carboxylic acids is 1. The highest BCUT2D eigenvalue weighted by atomic mass is 19.4. The number of alkyl halides is 3. The largest absolute Gasteiger partial charge is 0.472 e. The van der Waals surface area contributed by atoms with Crippen molar-refractivity contribution in [1.82, 2.24) is 5.32 Å². The van der Waals surface area contributed by atoms with Crippen LogP contribution in [0.1, 0.15) is 11.1 Å². The number of furan rings is 1. The molecule has 1 aromatic heterocycles. The number of para-hydroxylation sites is 1. The molecule has 2 N–H and O–H groups in total. The molecule has 0 fully saturated rings. The highest BCUT2D eigenvalue weighted by Crippen LogP contribution is 2.34. The molecular weight excluding hydrogens is 285 g/mol. The molecule has 0 aliphatic heterocycles. The van der Waals surface area contributed by atoms with E-state index in [9.17, 15) is 18.0 Å². The summed E-state index contributed by atoms with van der Waals surface area (Å²) in [5.41, 5.74) is -0.258. The fraction of sp³-hybridized carbons (Fsp3) is 0.214. The number of anilines is 1. The summed E-state index contributed by atoms with van der Waals surface area (Å²) < 4.78 is 43.1. The van der Waals surface area contributed by atoms with Gasteiger partial charge in [-0.2, -0.15) is 13.2 Å². The van der Waals surface area contributed by atoms with Crippen molar-refractivity contribution in [2.75, 3.05) is 11.9 Å². The van der Waals surface area contributed by atoms with Crippen LogP contribution in [0.4, 0.5) is 23.7 Å². The Hall–Kier alpha value is -2.44. The number of nitrogens with one attached hydrogen (secondary N) is 2. The summed E-state index contributed by atoms with van der Waals surface area (Å²) in [5.74, 6) is 0. The van der Waals surface area contributed by atoms with Gasteiger partial charge in [0.1, 0.15) is 0 Å². The molecule has 0 saturated heterocycles. The summed E-state index contributed by atoms with van der Waals surface area (Å²) in [5, 5.41) is 4.69. The number of hydrogen-bond acceptors (Lipinski definition) is 2. The van der Waals surface area contributed by atoms with Gasteiger partial charge in [0.05, 0.1) is 23.8 Å². The van der Waals surface area contributed by atoms with E-state index in [1.807, 2.05) is 0 Å². The lowest BCUT2D eigenvalue weighted by atomic mass is 10.1. The second kappa shape index (κ2) is 6.34. The van der Waals surface area contributed by atoms with Crippen LogP contribution in [-0.4, -0.2) is 12.6 Å². The molecule has 0 atom stereocenters. The molecule has 0 bridgehead atoms. The number of halogens is 3. The summed E-state index contributed by atoms with van der Waals surface area (Å²) >= 11 is 0. The van der Waals surface area contributed by atoms with Crippen molar-refractivity contribution in [2.45, 2.75) is 12.6 Å². The quantitative estimate of drug-likeness (QED) is 0.905. The molecule has 0 radical (unpaired) electrons. The maximum absolute atomic E-state index is 12.8. The fourth-order valence-corrected chi connectivity index (χ4v) is 1.76. The highest BCUT2D eigenvalue weighted by Gasteiger charge is 2.33. The van der Waals surface area contributed by atoms with Gasteiger partial charge in [0.15, 0.2) is 0 Å². The zero-order chi connectivity index (χ0) is 15.3. The first-order chi connectivity index (χ1) is 9.97. The second-order valence-electron chi connectivity index (χ2n) is 4.31. The van der Waals surface area contributed by atoms with E-state index in [4.69, 9.17) is 4.42 Å². The summed E-state index contributed by atoms with van der Waals surface area (Å²) in [6, 6.07) is 5.88. The Balaban J connectivity index is 1.91. The van der Waals surface area contributed by atoms with E-state index >= 15 is 0 Å². The Bertz CT molecular complexity index is 595. The molecule has 2 amide bonds. The van der Waals surface area contributed by atoms with Crippen molar-refractivity contribution in [3.63, 3.8) is 0 Å². The van der Waals surface area contributed by atoms with E-state index < -0.39 is 17.8 Å². The van der Waals surface area contributed by atoms with Gasteiger partial charge in [0.2, 0.25) is 0 Å². The predicted molar refractivity (Wildman–Crippen MR) is 70.9 cm³/mol. The SMILES string of the molecule is O=C(NCCc1ccoc1)Nc1ccccc1C(F)(F)F. The Morgan fingerprint density at radius 2 is 1.95 bits per heavy atom. The lowest BCUT2D eigenvalue weighted by Gasteiger charge is -2.13. The molecule has 0 unspecified atom stereocenters. The monoisotopic (exact) mass is 298 g/mol. The van der Waals surface area contributed by atoms with Crippen LogP contribution in [0, 0.1) is 0 Å². The summed E-state index contributed by atoms with van der Waals surface area (Å²) in [4.78, 5) is 11.6. The number of benzene rings is 1. The molecule has 7 heteroatoms. The molecule has 0 aliphatic carbocycles. The highest BCUT2D eigenvalue weighted by molar-refractivity contribution is 5.90. The van der Waals surface area contributed by atoms with Crippen LogP contribution in [0.5, 0.6) is 0 Å². The van der Waals surface area contributed by atoms with Crippen LogP contribution in [0.2, 0.25) is 0 Å². The molecule has 0 aliphatic rings. The maximum Gasteiger partial charge on any atom is 0.418 e. The zero-order valence-electron chi connectivity index (χ0n) is 10.9. The van der Waals surface area contributed by atoms with Gasteiger partial charge in [-0.1, -0.05) is 12.1 Å². The van der Waals surface area contributed by atoms with Crippen molar-refractivity contribution in [2.24, 2.45) is 0 Å². The first-order valence-corrected chi connectivity index (χ1v) is 6.19. The molecule has 0 saturated carbocycles. The average Bonchev–Trinajstić information content (AvgIpc) is 2.91. The minimum Gasteiger partial charge on any atom is -0.472 e. The van der Waals surface area contributed by atoms with E-state index in [1.54, 1.807) is 12.3 Å². The van der Waals surface area contributed by atoms with Gasteiger partial charge in [0.25, 0.3) is 0 Å². The zero-order valence-corrected chi connectivity index (χ0v) is 10.9. The van der Waals surface area contributed by atoms with Crippen LogP contribution >= 0.6 is 0 Å². The van der Waals surface area contributed by atoms with Gasteiger partial charge >= 0.3 is 12.2 Å². The van der Waals surface area contributed by atoms with E-state index in [0.29, 0.717) is 13.0 Å². The minimum absolute atomic E-state index is 0.272. The second-order valence-corrected chi connectivity index (χ2v) is 4.31. The smallest absolute Gasteiger partial charge is 0.418 e. The van der Waals surface area contributed by atoms with Crippen molar-refractivity contribution in [1.29, 1.82) is 0 Å². The molecule has 0 spiro atoms. The van der Waals surface area contributed by atoms with E-state index in [0.717, 1.165) is 11.6 Å². The lowest BCUT2D eigenvalue weighted by molar-refractivity contribution is -0.136. The summed E-state index contributed by atoms with van der Waals surface area (Å²) in [7, 11) is 0. The van der Waals surface area contributed by atoms with Crippen molar-refractivity contribution < 1.29 is 22.4 Å². The maximum atomic E-state index is 12.8. The Kier molecular flexibility index (Phi) is 4.52. The fourth-order valence-electron chi connectivity index (χ4n) is 1.76. The average molecular weight is 298 g/mol. The number of amides is 2. The summed E-state index contributed by atoms with van der Waals surface area (Å²) in [6.07, 6.45) is -0.932. The Morgan fingerprint density at radius 1 is 1.19 bits per heavy atom. The third-order valence-corrected chi connectivity index (χ3v) is 2.76. The van der Waals surface area contributed by atoms with Crippen LogP contribution in [0.15, 0.2) is 47.3 Å². The van der Waals surface area contributed by atoms with Crippen molar-refractivity contribution in [3.05, 3.63) is 54.0 Å². The van der Waals surface area contributed by atoms with Gasteiger partial charge in [-0.15, -0.1) is 0 Å². The van der Waals surface area contributed by atoms with Gasteiger partial charge in [-0.3, -0.25) is 0 Å². The van der Waals surface area contributed by atoms with Crippen LogP contribution in [0.3, 0.4) is 0 Å². The van der Waals surface area contributed by atoms with Gasteiger partial charge < -0.3 is 15.1 Å². The molecule has 112 valence electrons. The molecule has 4 nitrogen and oxygen atoms in total. The van der Waals surface area contributed by atoms with Gasteiger partial charge in [0, 0.05) is 6.54 Å². The van der Waals surface area contributed by atoms with Crippen LogP contribution in [-0.2, 0) is 12.6 Å². The first-order valence-electron chi connectivity index (χ1n) is 6.19. The molecule has 1 heterocycles. The third-order valence-electron chi connectivity index (χ3n) is 2.76. The topological polar surface area (TPSA) is 54.3 Å². The lowest BCUT2D eigenvalue weighted by Crippen LogP contribution is -2.31. The molecule has 2 rings (SSSR count). The Labute approximate surface area is 119 Å². The number of urea groups is 1. The molecule has 21 heavy (non-hydrogen) atoms. The van der Waals surface area contributed by atoms with E-state index in [1.165, 1.54) is 24.5 Å². The van der Waals surface area contributed by atoms with Gasteiger partial charge in [-0.05, 0) is 30.2 Å². The molecule has 1 aromatic carbocycles. The van der Waals surface area contributed by atoms with Gasteiger partial charge in [-0.25, -0.2) is 4.79 Å². The standard InChI is InChI=1S/C14H13F3N2O2/c15-14(16,17)11-3-1-2-4-12(11)19-13(20)18-7-5-10-6-8-21-9-10/h1-4,6,8-9H,5,7H2,(H2,18,19,20). The normalized spacial score (nSPS) is 11.2. The molecular formula is C14H13F3N2O2. The van der Waals surface area contributed by atoms with Crippen molar-refractivity contribution >= 4 is 11.7 Å². The number of hydrogen-bond donors (Lipinski definition) is 2. The van der Waals surface area contributed by atoms with Crippen molar-refractivity contribution in [3.8, 4) is 0 Å². The van der Waals surface area contributed by atoms with E-state index in [-0.39, 0.29) is 5.69 Å². The predicted octanol–water partition coefficient (Wildman–Crippen LogP) is 3.66. The van der Waals surface area contributed by atoms with E-state index in [2.05, 4.69) is 10.6 Å². The van der Waals surface area contributed by atoms with Crippen LogP contribution < -0.4 is 10.6 Å². The third kappa shape index (κ3) is 4.27. The minimum atomic E-state index is -4.51. The number of carbonyl (C=O) groups is 1. The summed E-state index contributed by atoms with van der Waals surface area (Å²) in [6.45, 7) is 0.291. The molecule has 2 aromatic rings. The Morgan fingerprint density at radius 3 is 2.62 bits per heavy atom. The van der Waals surface area contributed by atoms with Crippen LogP contribution in [0.25, 0.3) is 0 Å².